The summed E-state index contributed by atoms with van der Waals surface area (Å²) in [6.07, 6.45) is 1.05. The summed E-state index contributed by atoms with van der Waals surface area (Å²) < 4.78 is 37.3. The van der Waals surface area contributed by atoms with Gasteiger partial charge < -0.3 is 4.90 Å². The van der Waals surface area contributed by atoms with Crippen LogP contribution in [0.4, 0.5) is 4.39 Å². The largest absolute Gasteiger partial charge is 0.337 e. The van der Waals surface area contributed by atoms with E-state index < -0.39 is 15.3 Å². The molecule has 118 valence electrons. The molecule has 1 fully saturated rings. The molecule has 0 aliphatic carbocycles. The van der Waals surface area contributed by atoms with Crippen LogP contribution in [-0.4, -0.2) is 37.6 Å². The molecule has 22 heavy (non-hydrogen) atoms. The molecule has 1 aromatic heterocycles. The number of fused-ring (bicyclic) bond motifs is 1. The minimum Gasteiger partial charge on any atom is -0.337 e. The fourth-order valence-electron chi connectivity index (χ4n) is 2.68. The number of benzene rings is 1. The number of nitrogens with two attached hydrogens (primary N) is 1. The Morgan fingerprint density at radius 1 is 1.41 bits per heavy atom. The van der Waals surface area contributed by atoms with Crippen molar-refractivity contribution in [3.63, 3.8) is 0 Å². The molecule has 1 aromatic carbocycles. The molecule has 0 radical (unpaired) electrons. The molecule has 1 amide bonds. The molecule has 1 aliphatic rings. The summed E-state index contributed by atoms with van der Waals surface area (Å²) in [6, 6.07) is 6.23. The van der Waals surface area contributed by atoms with Gasteiger partial charge >= 0.3 is 0 Å². The molecule has 2 aromatic rings. The SMILES string of the molecule is NS(=O)(=O)[C@H]1CCCN(C(=O)c2cc3c(F)cccc3s2)C1. The van der Waals surface area contributed by atoms with Gasteiger partial charge in [0.25, 0.3) is 5.91 Å². The van der Waals surface area contributed by atoms with Crippen molar-refractivity contribution >= 4 is 37.4 Å². The highest BCUT2D eigenvalue weighted by atomic mass is 32.2. The molecule has 0 unspecified atom stereocenters. The molecular formula is C14H15FN2O3S2. The van der Waals surface area contributed by atoms with E-state index in [0.717, 1.165) is 0 Å². The van der Waals surface area contributed by atoms with E-state index in [0.29, 0.717) is 34.3 Å². The molecular weight excluding hydrogens is 327 g/mol. The first kappa shape index (κ1) is 15.4. The van der Waals surface area contributed by atoms with Gasteiger partial charge in [-0.1, -0.05) is 6.07 Å². The molecule has 8 heteroatoms. The number of hydrogen-bond donors (Lipinski definition) is 1. The number of sulfonamides is 1. The van der Waals surface area contributed by atoms with Crippen LogP contribution in [-0.2, 0) is 10.0 Å². The molecule has 2 heterocycles. The van der Waals surface area contributed by atoms with Crippen LogP contribution in [0.15, 0.2) is 24.3 Å². The number of nitrogens with zero attached hydrogens (tertiary/aromatic N) is 1. The number of thiophene rings is 1. The normalized spacial score (nSPS) is 19.5. The molecule has 0 spiro atoms. The van der Waals surface area contributed by atoms with Crippen molar-refractivity contribution in [1.29, 1.82) is 0 Å². The number of primary sulfonamides is 1. The Balaban J connectivity index is 1.87. The number of carbonyl (C=O) groups excluding carboxylic acids is 1. The van der Waals surface area contributed by atoms with Crippen molar-refractivity contribution in [3.05, 3.63) is 35.0 Å². The average molecular weight is 342 g/mol. The summed E-state index contributed by atoms with van der Waals surface area (Å²) in [5.41, 5.74) is 0. The van der Waals surface area contributed by atoms with E-state index in [1.807, 2.05) is 0 Å². The zero-order valence-corrected chi connectivity index (χ0v) is 13.3. The number of hydrogen-bond acceptors (Lipinski definition) is 4. The van der Waals surface area contributed by atoms with E-state index in [1.165, 1.54) is 28.4 Å². The minimum atomic E-state index is -3.66. The Kier molecular flexibility index (Phi) is 3.92. The predicted octanol–water partition coefficient (Wildman–Crippen LogP) is 1.93. The number of piperidine rings is 1. The second kappa shape index (κ2) is 5.60. The van der Waals surface area contributed by atoms with Crippen LogP contribution in [0.25, 0.3) is 10.1 Å². The molecule has 2 N–H and O–H groups in total. The lowest BCUT2D eigenvalue weighted by atomic mass is 10.1. The van der Waals surface area contributed by atoms with Crippen molar-refractivity contribution in [2.24, 2.45) is 5.14 Å². The molecule has 0 bridgehead atoms. The highest BCUT2D eigenvalue weighted by Crippen LogP contribution is 2.29. The van der Waals surface area contributed by atoms with Gasteiger partial charge in [0.1, 0.15) is 5.82 Å². The summed E-state index contributed by atoms with van der Waals surface area (Å²) in [7, 11) is -3.66. The third-order valence-corrected chi connectivity index (χ3v) is 6.25. The van der Waals surface area contributed by atoms with Crippen LogP contribution in [0, 0.1) is 5.82 Å². The molecule has 0 saturated carbocycles. The molecule has 1 aliphatic heterocycles. The summed E-state index contributed by atoms with van der Waals surface area (Å²) in [5, 5.41) is 4.87. The van der Waals surface area contributed by atoms with Crippen LogP contribution in [0.3, 0.4) is 0 Å². The van der Waals surface area contributed by atoms with E-state index in [-0.39, 0.29) is 18.3 Å². The zero-order chi connectivity index (χ0) is 15.9. The topological polar surface area (TPSA) is 80.5 Å². The van der Waals surface area contributed by atoms with Crippen LogP contribution in [0.2, 0.25) is 0 Å². The predicted molar refractivity (Wildman–Crippen MR) is 83.8 cm³/mol. The van der Waals surface area contributed by atoms with Crippen LogP contribution in [0.1, 0.15) is 22.5 Å². The van der Waals surface area contributed by atoms with Crippen molar-refractivity contribution < 1.29 is 17.6 Å². The van der Waals surface area contributed by atoms with Gasteiger partial charge in [-0.2, -0.15) is 0 Å². The second-order valence-electron chi connectivity index (χ2n) is 5.37. The molecule has 1 saturated heterocycles. The second-order valence-corrected chi connectivity index (χ2v) is 8.30. The lowest BCUT2D eigenvalue weighted by Crippen LogP contribution is -2.46. The zero-order valence-electron chi connectivity index (χ0n) is 11.7. The molecule has 1 atom stereocenters. The van der Waals surface area contributed by atoms with E-state index in [1.54, 1.807) is 12.1 Å². The van der Waals surface area contributed by atoms with E-state index >= 15 is 0 Å². The standard InChI is InChI=1S/C14H15FN2O3S2/c15-11-4-1-5-12-10(11)7-13(21-12)14(18)17-6-2-3-9(8-17)22(16,19)20/h1,4-5,7,9H,2-3,6,8H2,(H2,16,19,20)/t9-/m0/s1. The van der Waals surface area contributed by atoms with E-state index in [9.17, 15) is 17.6 Å². The summed E-state index contributed by atoms with van der Waals surface area (Å²) in [4.78, 5) is 14.4. The maximum Gasteiger partial charge on any atom is 0.264 e. The van der Waals surface area contributed by atoms with Gasteiger partial charge in [-0.15, -0.1) is 11.3 Å². The minimum absolute atomic E-state index is 0.0917. The van der Waals surface area contributed by atoms with Gasteiger partial charge in [-0.05, 0) is 31.0 Å². The summed E-state index contributed by atoms with van der Waals surface area (Å²) in [6.45, 7) is 0.579. The van der Waals surface area contributed by atoms with Gasteiger partial charge in [0, 0.05) is 23.2 Å². The lowest BCUT2D eigenvalue weighted by molar-refractivity contribution is 0.0732. The van der Waals surface area contributed by atoms with Gasteiger partial charge in [0.2, 0.25) is 10.0 Å². The van der Waals surface area contributed by atoms with Crippen molar-refractivity contribution in [2.75, 3.05) is 13.1 Å². The van der Waals surface area contributed by atoms with Gasteiger partial charge in [-0.25, -0.2) is 17.9 Å². The number of likely N-dealkylation sites (tertiary alicyclic amines) is 1. The number of halogens is 1. The number of amides is 1. The quantitative estimate of drug-likeness (QED) is 0.905. The lowest BCUT2D eigenvalue weighted by Gasteiger charge is -2.31. The highest BCUT2D eigenvalue weighted by Gasteiger charge is 2.31. The fraction of sp³-hybridized carbons (Fsp3) is 0.357. The van der Waals surface area contributed by atoms with Crippen molar-refractivity contribution in [2.45, 2.75) is 18.1 Å². The maximum absolute atomic E-state index is 13.7. The monoisotopic (exact) mass is 342 g/mol. The van der Waals surface area contributed by atoms with Crippen LogP contribution >= 0.6 is 11.3 Å². The van der Waals surface area contributed by atoms with Crippen molar-refractivity contribution in [3.8, 4) is 0 Å². The first-order chi connectivity index (χ1) is 10.4. The Hall–Kier alpha value is -1.51. The Labute approximate surface area is 131 Å². The van der Waals surface area contributed by atoms with Crippen LogP contribution < -0.4 is 5.14 Å². The Bertz CT molecular complexity index is 832. The molecule has 5 nitrogen and oxygen atoms in total. The first-order valence-corrected chi connectivity index (χ1v) is 9.28. The van der Waals surface area contributed by atoms with Gasteiger partial charge in [0.15, 0.2) is 0 Å². The van der Waals surface area contributed by atoms with E-state index in [4.69, 9.17) is 5.14 Å². The summed E-state index contributed by atoms with van der Waals surface area (Å²) >= 11 is 1.21. The third kappa shape index (κ3) is 2.86. The fourth-order valence-corrected chi connectivity index (χ4v) is 4.60. The first-order valence-electron chi connectivity index (χ1n) is 6.85. The van der Waals surface area contributed by atoms with Crippen LogP contribution in [0.5, 0.6) is 0 Å². The van der Waals surface area contributed by atoms with E-state index in [2.05, 4.69) is 0 Å². The maximum atomic E-state index is 13.7. The number of rotatable bonds is 2. The van der Waals surface area contributed by atoms with Crippen molar-refractivity contribution in [1.82, 2.24) is 4.90 Å². The number of carbonyl (C=O) groups is 1. The highest BCUT2D eigenvalue weighted by molar-refractivity contribution is 7.89. The van der Waals surface area contributed by atoms with Gasteiger partial charge in [0.05, 0.1) is 10.1 Å². The molecule has 3 rings (SSSR count). The summed E-state index contributed by atoms with van der Waals surface area (Å²) in [5.74, 6) is -0.636. The Morgan fingerprint density at radius 3 is 2.86 bits per heavy atom. The average Bonchev–Trinajstić information content (AvgIpc) is 2.91. The Morgan fingerprint density at radius 2 is 2.18 bits per heavy atom. The van der Waals surface area contributed by atoms with Gasteiger partial charge in [-0.3, -0.25) is 4.79 Å². The smallest absolute Gasteiger partial charge is 0.264 e. The third-order valence-electron chi connectivity index (χ3n) is 3.85.